The first kappa shape index (κ1) is 22.2. The zero-order valence-electron chi connectivity index (χ0n) is 18.3. The summed E-state index contributed by atoms with van der Waals surface area (Å²) in [5.41, 5.74) is 6.56. The van der Waals surface area contributed by atoms with E-state index in [1.165, 1.54) is 0 Å². The summed E-state index contributed by atoms with van der Waals surface area (Å²) in [6.45, 7) is 8.07. The van der Waals surface area contributed by atoms with Crippen LogP contribution in [0.25, 0.3) is 0 Å². The van der Waals surface area contributed by atoms with E-state index in [4.69, 9.17) is 15.2 Å². The second-order valence-electron chi connectivity index (χ2n) is 8.10. The molecule has 7 heteroatoms. The minimum atomic E-state index is -1.66. The molecule has 0 radical (unpaired) electrons. The van der Waals surface area contributed by atoms with E-state index in [-0.39, 0.29) is 23.3 Å². The predicted octanol–water partition coefficient (Wildman–Crippen LogP) is 3.23. The highest BCUT2D eigenvalue weighted by molar-refractivity contribution is 5.60. The van der Waals surface area contributed by atoms with Gasteiger partial charge in [-0.25, -0.2) is 0 Å². The number of rotatable bonds is 5. The lowest BCUT2D eigenvalue weighted by atomic mass is 9.58. The lowest BCUT2D eigenvalue weighted by Crippen LogP contribution is -2.48. The summed E-state index contributed by atoms with van der Waals surface area (Å²) >= 11 is 0. The van der Waals surface area contributed by atoms with E-state index in [9.17, 15) is 15.8 Å². The van der Waals surface area contributed by atoms with Gasteiger partial charge in [0.2, 0.25) is 0 Å². The molecular weight excluding hydrogens is 390 g/mol. The molecule has 1 aromatic rings. The fourth-order valence-electron chi connectivity index (χ4n) is 4.60. The van der Waals surface area contributed by atoms with Gasteiger partial charge in [0.05, 0.1) is 36.6 Å². The molecule has 31 heavy (non-hydrogen) atoms. The van der Waals surface area contributed by atoms with Crippen molar-refractivity contribution in [1.82, 2.24) is 4.90 Å². The number of nitrogens with zero attached hydrogens (tertiary/aromatic N) is 4. The number of fused-ring (bicyclic) bond motifs is 1. The Morgan fingerprint density at radius 3 is 2.48 bits per heavy atom. The van der Waals surface area contributed by atoms with E-state index in [1.54, 1.807) is 13.2 Å². The van der Waals surface area contributed by atoms with Crippen LogP contribution in [0.5, 0.6) is 11.5 Å². The van der Waals surface area contributed by atoms with Gasteiger partial charge in [-0.3, -0.25) is 4.90 Å². The van der Waals surface area contributed by atoms with Crippen molar-refractivity contribution in [2.45, 2.75) is 32.8 Å². The fraction of sp³-hybridized carbons (Fsp3) is 0.458. The number of nitrogens with two attached hydrogens (primary N) is 1. The first-order valence-corrected chi connectivity index (χ1v) is 10.4. The summed E-state index contributed by atoms with van der Waals surface area (Å²) in [5.74, 6) is 0.337. The van der Waals surface area contributed by atoms with Crippen LogP contribution in [0.3, 0.4) is 0 Å². The highest BCUT2D eigenvalue weighted by Crippen LogP contribution is 2.54. The predicted molar refractivity (Wildman–Crippen MR) is 116 cm³/mol. The van der Waals surface area contributed by atoms with Crippen LogP contribution in [0.15, 0.2) is 41.1 Å². The van der Waals surface area contributed by atoms with Gasteiger partial charge in [0.15, 0.2) is 16.9 Å². The third kappa shape index (κ3) is 3.61. The van der Waals surface area contributed by atoms with Crippen molar-refractivity contribution in [3.05, 3.63) is 46.7 Å². The molecule has 0 saturated heterocycles. The Morgan fingerprint density at radius 2 is 1.94 bits per heavy atom. The quantitative estimate of drug-likeness (QED) is 0.781. The summed E-state index contributed by atoms with van der Waals surface area (Å²) in [7, 11) is 1.56. The van der Waals surface area contributed by atoms with Crippen molar-refractivity contribution in [2.24, 2.45) is 17.1 Å². The molecule has 2 N–H and O–H groups in total. The van der Waals surface area contributed by atoms with Gasteiger partial charge in [0.25, 0.3) is 0 Å². The maximum atomic E-state index is 10.2. The van der Waals surface area contributed by atoms with Crippen molar-refractivity contribution >= 4 is 0 Å². The second-order valence-corrected chi connectivity index (χ2v) is 8.10. The highest BCUT2D eigenvalue weighted by Gasteiger charge is 2.54. The second kappa shape index (κ2) is 8.72. The van der Waals surface area contributed by atoms with E-state index in [1.807, 2.05) is 32.1 Å². The van der Waals surface area contributed by atoms with Crippen molar-refractivity contribution in [1.29, 1.82) is 15.8 Å². The minimum Gasteiger partial charge on any atom is -0.493 e. The van der Waals surface area contributed by atoms with E-state index >= 15 is 0 Å². The minimum absolute atomic E-state index is 0.0268. The summed E-state index contributed by atoms with van der Waals surface area (Å²) in [6, 6.07) is 12.0. The van der Waals surface area contributed by atoms with Crippen LogP contribution in [0.4, 0.5) is 0 Å². The average Bonchev–Trinajstić information content (AvgIpc) is 2.78. The molecule has 2 atom stereocenters. The molecule has 0 bridgehead atoms. The molecule has 1 heterocycles. The SMILES string of the molecule is CCN1CC=C2C(C#N)=C(N)C(C#N)(C#N)[C@@H](c3ccc(OC(C)C)c(OC)c3)[C@@H]2C1. The van der Waals surface area contributed by atoms with Crippen LogP contribution in [-0.2, 0) is 0 Å². The van der Waals surface area contributed by atoms with Crippen LogP contribution in [-0.4, -0.2) is 37.7 Å². The Hall–Kier alpha value is -3.47. The van der Waals surface area contributed by atoms with Crippen LogP contribution in [0, 0.1) is 45.3 Å². The van der Waals surface area contributed by atoms with E-state index in [0.29, 0.717) is 24.6 Å². The third-order valence-electron chi connectivity index (χ3n) is 6.10. The number of hydrogen-bond donors (Lipinski definition) is 1. The normalized spacial score (nSPS) is 22.6. The Balaban J connectivity index is 2.26. The smallest absolute Gasteiger partial charge is 0.191 e. The lowest BCUT2D eigenvalue weighted by Gasteiger charge is -2.45. The van der Waals surface area contributed by atoms with E-state index in [0.717, 1.165) is 17.7 Å². The molecule has 1 aromatic carbocycles. The topological polar surface area (TPSA) is 119 Å². The fourth-order valence-corrected chi connectivity index (χ4v) is 4.60. The number of nitriles is 3. The van der Waals surface area contributed by atoms with Crippen molar-refractivity contribution in [2.75, 3.05) is 26.7 Å². The van der Waals surface area contributed by atoms with Crippen molar-refractivity contribution in [3.63, 3.8) is 0 Å². The molecule has 2 aliphatic rings. The molecule has 0 fully saturated rings. The number of methoxy groups -OCH3 is 1. The van der Waals surface area contributed by atoms with E-state index < -0.39 is 11.3 Å². The van der Waals surface area contributed by atoms with Crippen LogP contribution in [0.1, 0.15) is 32.3 Å². The molecule has 160 valence electrons. The van der Waals surface area contributed by atoms with Gasteiger partial charge in [-0.1, -0.05) is 19.1 Å². The Labute approximate surface area is 183 Å². The zero-order chi connectivity index (χ0) is 22.8. The third-order valence-corrected chi connectivity index (χ3v) is 6.10. The van der Waals surface area contributed by atoms with Crippen molar-refractivity contribution < 1.29 is 9.47 Å². The monoisotopic (exact) mass is 417 g/mol. The molecular formula is C24H27N5O2. The largest absolute Gasteiger partial charge is 0.493 e. The number of benzene rings is 1. The summed E-state index contributed by atoms with van der Waals surface area (Å²) in [5, 5.41) is 30.2. The van der Waals surface area contributed by atoms with Crippen molar-refractivity contribution in [3.8, 4) is 29.7 Å². The maximum absolute atomic E-state index is 10.2. The molecule has 0 unspecified atom stereocenters. The molecule has 1 aliphatic heterocycles. The lowest BCUT2D eigenvalue weighted by molar-refractivity contribution is 0.213. The Bertz CT molecular complexity index is 1040. The molecule has 1 aliphatic carbocycles. The zero-order valence-corrected chi connectivity index (χ0v) is 18.3. The van der Waals surface area contributed by atoms with Gasteiger partial charge in [-0.15, -0.1) is 0 Å². The number of hydrogen-bond acceptors (Lipinski definition) is 7. The van der Waals surface area contributed by atoms with Gasteiger partial charge in [-0.2, -0.15) is 15.8 Å². The maximum Gasteiger partial charge on any atom is 0.191 e. The highest BCUT2D eigenvalue weighted by atomic mass is 16.5. The van der Waals surface area contributed by atoms with Crippen LogP contribution >= 0.6 is 0 Å². The molecule has 7 nitrogen and oxygen atoms in total. The van der Waals surface area contributed by atoms with Crippen LogP contribution < -0.4 is 15.2 Å². The van der Waals surface area contributed by atoms with Gasteiger partial charge in [-0.05, 0) is 43.7 Å². The van der Waals surface area contributed by atoms with Gasteiger partial charge >= 0.3 is 0 Å². The Kier molecular flexibility index (Phi) is 6.25. The molecule has 0 amide bonds. The van der Waals surface area contributed by atoms with Gasteiger partial charge in [0, 0.05) is 24.9 Å². The van der Waals surface area contributed by atoms with E-state index in [2.05, 4.69) is 30.0 Å². The molecule has 0 saturated carbocycles. The summed E-state index contributed by atoms with van der Waals surface area (Å²) in [6.07, 6.45) is 1.97. The summed E-state index contributed by atoms with van der Waals surface area (Å²) < 4.78 is 11.4. The molecule has 3 rings (SSSR count). The number of likely N-dealkylation sites (N-methyl/N-ethyl adjacent to an activating group) is 1. The number of allylic oxidation sites excluding steroid dienone is 2. The molecule has 0 spiro atoms. The summed E-state index contributed by atoms with van der Waals surface area (Å²) in [4.78, 5) is 2.23. The van der Waals surface area contributed by atoms with Crippen LogP contribution in [0.2, 0.25) is 0 Å². The molecule has 0 aromatic heterocycles. The average molecular weight is 418 g/mol. The Morgan fingerprint density at radius 1 is 1.23 bits per heavy atom. The first-order valence-electron chi connectivity index (χ1n) is 10.4. The standard InChI is InChI=1S/C24H27N5O2/c1-5-29-9-8-17-18(11-25)23(28)24(13-26,14-27)22(19(17)12-29)16-6-7-20(31-15(2)3)21(10-16)30-4/h6-8,10,15,19,22H,5,9,12,28H2,1-4H3/t19-,22+/m1/s1. The van der Waals surface area contributed by atoms with Gasteiger partial charge in [0.1, 0.15) is 6.07 Å². The van der Waals surface area contributed by atoms with Gasteiger partial charge < -0.3 is 15.2 Å². The number of ether oxygens (including phenoxy) is 2. The first-order chi connectivity index (χ1) is 14.9.